The molecule has 1 saturated heterocycles. The molecule has 0 amide bonds. The Hall–Kier alpha value is -1.65. The molecule has 0 spiro atoms. The Labute approximate surface area is 215 Å². The summed E-state index contributed by atoms with van der Waals surface area (Å²) in [5.74, 6) is -2.72. The van der Waals surface area contributed by atoms with Crippen molar-refractivity contribution in [3.8, 4) is 0 Å². The van der Waals surface area contributed by atoms with Crippen LogP contribution in [-0.4, -0.2) is 89.6 Å². The van der Waals surface area contributed by atoms with Gasteiger partial charge in [0.15, 0.2) is 12.1 Å². The predicted molar refractivity (Wildman–Crippen MR) is 134 cm³/mol. The second kappa shape index (κ2) is 13.2. The van der Waals surface area contributed by atoms with Crippen LogP contribution >= 0.6 is 0 Å². The maximum absolute atomic E-state index is 13.2. The molecule has 1 fully saturated rings. The summed E-state index contributed by atoms with van der Waals surface area (Å²) in [6.45, 7) is 10.7. The van der Waals surface area contributed by atoms with Crippen molar-refractivity contribution in [2.45, 2.75) is 104 Å². The van der Waals surface area contributed by atoms with Crippen LogP contribution in [0.3, 0.4) is 0 Å². The summed E-state index contributed by atoms with van der Waals surface area (Å²) in [7, 11) is 3.50. The number of carbonyl (C=O) groups is 3. The molecule has 2 N–H and O–H groups in total. The van der Waals surface area contributed by atoms with E-state index in [9.17, 15) is 24.6 Å². The Morgan fingerprint density at radius 1 is 1.06 bits per heavy atom. The zero-order valence-corrected chi connectivity index (χ0v) is 22.9. The second-order valence-electron chi connectivity index (χ2n) is 10.8. The fourth-order valence-electron chi connectivity index (χ4n) is 4.97. The number of nitrogens with zero attached hydrogens (tertiary/aromatic N) is 1. The van der Waals surface area contributed by atoms with Gasteiger partial charge in [-0.3, -0.25) is 14.4 Å². The van der Waals surface area contributed by atoms with E-state index in [0.717, 1.165) is 0 Å². The summed E-state index contributed by atoms with van der Waals surface area (Å²) in [5.41, 5.74) is 0. The number of hydrogen-bond acceptors (Lipinski definition) is 9. The Morgan fingerprint density at radius 3 is 2.28 bits per heavy atom. The molecule has 2 aliphatic heterocycles. The number of aliphatic hydroxyl groups is 2. The first kappa shape index (κ1) is 30.6. The van der Waals surface area contributed by atoms with E-state index in [1.165, 1.54) is 6.92 Å². The van der Waals surface area contributed by atoms with Gasteiger partial charge in [0.25, 0.3) is 0 Å². The molecule has 0 radical (unpaired) electrons. The molecule has 11 atom stereocenters. The van der Waals surface area contributed by atoms with Crippen LogP contribution in [0.5, 0.6) is 0 Å². The molecule has 0 aromatic rings. The summed E-state index contributed by atoms with van der Waals surface area (Å²) < 4.78 is 17.6. The smallest absolute Gasteiger partial charge is 0.316 e. The summed E-state index contributed by atoms with van der Waals surface area (Å²) in [6, 6.07) is -0.629. The highest BCUT2D eigenvalue weighted by Gasteiger charge is 2.46. The van der Waals surface area contributed by atoms with E-state index in [4.69, 9.17) is 14.2 Å². The van der Waals surface area contributed by atoms with Crippen molar-refractivity contribution in [2.75, 3.05) is 14.1 Å². The Bertz CT molecular complexity index is 799. The second-order valence-corrected chi connectivity index (χ2v) is 10.8. The Morgan fingerprint density at radius 2 is 1.69 bits per heavy atom. The van der Waals surface area contributed by atoms with Gasteiger partial charge in [0.1, 0.15) is 23.9 Å². The highest BCUT2D eigenvalue weighted by Crippen LogP contribution is 2.30. The minimum atomic E-state index is -1.17. The highest BCUT2D eigenvalue weighted by molar-refractivity contribution is 5.98. The molecule has 36 heavy (non-hydrogen) atoms. The van der Waals surface area contributed by atoms with Gasteiger partial charge in [0.2, 0.25) is 0 Å². The lowest BCUT2D eigenvalue weighted by molar-refractivity contribution is -0.296. The Kier molecular flexibility index (Phi) is 11.2. The normalized spacial score (nSPS) is 42.6. The molecule has 0 bridgehead atoms. The molecule has 0 saturated carbocycles. The number of likely N-dealkylation sites (N-methyl/N-ethyl adjacent to an activating group) is 1. The first-order chi connectivity index (χ1) is 16.8. The van der Waals surface area contributed by atoms with E-state index in [2.05, 4.69) is 0 Å². The zero-order chi connectivity index (χ0) is 27.3. The molecule has 0 aromatic carbocycles. The highest BCUT2D eigenvalue weighted by atomic mass is 16.7. The number of carbonyl (C=O) groups excluding carboxylic acids is 3. The van der Waals surface area contributed by atoms with Crippen molar-refractivity contribution in [2.24, 2.45) is 23.7 Å². The van der Waals surface area contributed by atoms with E-state index in [-0.39, 0.29) is 35.7 Å². The number of aliphatic hydroxyl groups excluding tert-OH is 2. The van der Waals surface area contributed by atoms with Crippen LogP contribution in [0, 0.1) is 23.7 Å². The van der Waals surface area contributed by atoms with Gasteiger partial charge in [-0.15, -0.1) is 0 Å². The van der Waals surface area contributed by atoms with E-state index < -0.39 is 54.7 Å². The van der Waals surface area contributed by atoms with Crippen LogP contribution in [0.1, 0.15) is 60.8 Å². The van der Waals surface area contributed by atoms with Crippen molar-refractivity contribution in [3.05, 3.63) is 12.2 Å². The number of rotatable bonds is 4. The van der Waals surface area contributed by atoms with Crippen molar-refractivity contribution in [3.63, 3.8) is 0 Å². The van der Waals surface area contributed by atoms with E-state index in [1.54, 1.807) is 38.1 Å². The van der Waals surface area contributed by atoms with Crippen molar-refractivity contribution < 1.29 is 38.8 Å². The van der Waals surface area contributed by atoms with Crippen LogP contribution in [-0.2, 0) is 28.6 Å². The number of cyclic esters (lactones) is 1. The van der Waals surface area contributed by atoms with E-state index in [1.807, 2.05) is 27.7 Å². The SMILES string of the molecule is CCC1OC(=O)[C@H](C)C(=O)C[C@@H](O[C@H]2O[C@H](C)[C@@H](O)[C@H](N(C)C)[C@H]2O)[C@@H](C)C[C@@H](C)C(=O)/C=C/[C@H]1C. The standard InChI is InChI=1S/C27H45NO8/c1-9-21-14(2)10-11-19(29)15(3)12-16(4)22(13-20(30)17(5)26(33)35-21)36-27-25(32)23(28(7)8)24(31)18(6)34-27/h10-11,14-18,21-25,27,31-32H,9,12-13H2,1-8H3/b11-10+/t14-,15-,16+,17-,18-,21?,22-,23+,24-,25-,27-/m1/s1. The lowest BCUT2D eigenvalue weighted by atomic mass is 9.86. The number of esters is 1. The zero-order valence-electron chi connectivity index (χ0n) is 22.9. The van der Waals surface area contributed by atoms with Crippen LogP contribution in [0.4, 0.5) is 0 Å². The van der Waals surface area contributed by atoms with Crippen LogP contribution in [0.2, 0.25) is 0 Å². The van der Waals surface area contributed by atoms with Gasteiger partial charge in [0.05, 0.1) is 24.4 Å². The quantitative estimate of drug-likeness (QED) is 0.432. The monoisotopic (exact) mass is 511 g/mol. The fourth-order valence-corrected chi connectivity index (χ4v) is 4.97. The van der Waals surface area contributed by atoms with Crippen LogP contribution in [0.25, 0.3) is 0 Å². The molecule has 0 aliphatic carbocycles. The molecule has 0 aromatic heterocycles. The van der Waals surface area contributed by atoms with Crippen LogP contribution in [0.15, 0.2) is 12.2 Å². The predicted octanol–water partition coefficient (Wildman–Crippen LogP) is 2.12. The molecule has 1 unspecified atom stereocenters. The molecule has 2 heterocycles. The third-order valence-electron chi connectivity index (χ3n) is 7.62. The maximum Gasteiger partial charge on any atom is 0.316 e. The first-order valence-electron chi connectivity index (χ1n) is 13.1. The molecular weight excluding hydrogens is 466 g/mol. The third kappa shape index (κ3) is 7.44. The summed E-state index contributed by atoms with van der Waals surface area (Å²) in [4.78, 5) is 40.5. The average Bonchev–Trinajstić information content (AvgIpc) is 2.81. The van der Waals surface area contributed by atoms with Gasteiger partial charge in [0, 0.05) is 18.3 Å². The fraction of sp³-hybridized carbons (Fsp3) is 0.815. The van der Waals surface area contributed by atoms with E-state index >= 15 is 0 Å². The molecule has 9 nitrogen and oxygen atoms in total. The first-order valence-corrected chi connectivity index (χ1v) is 13.1. The van der Waals surface area contributed by atoms with Gasteiger partial charge < -0.3 is 29.3 Å². The number of Topliss-reactive ketones (excluding diaryl/α,β-unsaturated/α-hetero) is 1. The number of ether oxygens (including phenoxy) is 3. The molecule has 9 heteroatoms. The molecule has 2 rings (SSSR count). The summed E-state index contributed by atoms with van der Waals surface area (Å²) in [5, 5.41) is 21.5. The van der Waals surface area contributed by atoms with Gasteiger partial charge in [-0.1, -0.05) is 33.8 Å². The number of allylic oxidation sites excluding steroid dienone is 1. The molecule has 2 aliphatic rings. The van der Waals surface area contributed by atoms with Crippen molar-refractivity contribution in [1.82, 2.24) is 4.90 Å². The average molecular weight is 512 g/mol. The minimum absolute atomic E-state index is 0.0521. The number of ketones is 2. The van der Waals surface area contributed by atoms with Gasteiger partial charge in [-0.05, 0) is 52.8 Å². The maximum atomic E-state index is 13.2. The largest absolute Gasteiger partial charge is 0.461 e. The van der Waals surface area contributed by atoms with Crippen molar-refractivity contribution >= 4 is 17.5 Å². The molecular formula is C27H45NO8. The topological polar surface area (TPSA) is 123 Å². The van der Waals surface area contributed by atoms with E-state index in [0.29, 0.717) is 12.8 Å². The number of hydrogen-bond donors (Lipinski definition) is 2. The summed E-state index contributed by atoms with van der Waals surface area (Å²) >= 11 is 0. The summed E-state index contributed by atoms with van der Waals surface area (Å²) in [6.07, 6.45) is -0.743. The van der Waals surface area contributed by atoms with Gasteiger partial charge in [-0.2, -0.15) is 0 Å². The Balaban J connectivity index is 2.34. The molecule has 206 valence electrons. The lowest BCUT2D eigenvalue weighted by Crippen LogP contribution is -2.62. The van der Waals surface area contributed by atoms with Gasteiger partial charge in [-0.25, -0.2) is 0 Å². The third-order valence-corrected chi connectivity index (χ3v) is 7.62. The van der Waals surface area contributed by atoms with Gasteiger partial charge >= 0.3 is 5.97 Å². The lowest BCUT2D eigenvalue weighted by Gasteiger charge is -2.45. The van der Waals surface area contributed by atoms with Crippen LogP contribution < -0.4 is 0 Å². The minimum Gasteiger partial charge on any atom is -0.461 e. The van der Waals surface area contributed by atoms with Crippen molar-refractivity contribution in [1.29, 1.82) is 0 Å².